The van der Waals surface area contributed by atoms with E-state index in [4.69, 9.17) is 9.47 Å². The summed E-state index contributed by atoms with van der Waals surface area (Å²) in [5, 5.41) is 2.68. The average molecular weight is 477 g/mol. The Morgan fingerprint density at radius 3 is 2.18 bits per heavy atom. The van der Waals surface area contributed by atoms with E-state index >= 15 is 0 Å². The minimum Gasteiger partial charge on any atom is -0.453 e. The first-order valence-electron chi connectivity index (χ1n) is 13.7. The first kappa shape index (κ1) is 28.6. The molecule has 2 rings (SSSR count). The molecule has 0 spiro atoms. The van der Waals surface area contributed by atoms with Gasteiger partial charge in [0.1, 0.15) is 0 Å². The van der Waals surface area contributed by atoms with Crippen molar-refractivity contribution < 1.29 is 19.0 Å². The van der Waals surface area contributed by atoms with Gasteiger partial charge in [-0.15, -0.1) is 0 Å². The lowest BCUT2D eigenvalue weighted by Crippen LogP contribution is -2.36. The summed E-state index contributed by atoms with van der Waals surface area (Å²) < 4.78 is 16.5. The Morgan fingerprint density at radius 2 is 1.59 bits per heavy atom. The molecular formula is C28H48N2O4. The van der Waals surface area contributed by atoms with Gasteiger partial charge < -0.3 is 19.5 Å². The normalized spacial score (nSPS) is 17.4. The van der Waals surface area contributed by atoms with Crippen LogP contribution in [0.25, 0.3) is 0 Å². The summed E-state index contributed by atoms with van der Waals surface area (Å²) in [7, 11) is 1.35. The molecule has 0 bridgehead atoms. The molecule has 0 radical (unpaired) electrons. The van der Waals surface area contributed by atoms with E-state index in [1.165, 1.54) is 90.6 Å². The van der Waals surface area contributed by atoms with E-state index in [2.05, 4.69) is 22.0 Å². The van der Waals surface area contributed by atoms with Crippen LogP contribution in [0.1, 0.15) is 121 Å². The largest absolute Gasteiger partial charge is 0.453 e. The standard InChI is InChI=1S/C28H48N2O4/c1-3-4-5-6-7-8-9-10-11-12-13-14-15-16-20-33-23-24-21-27(34-24)25-18-17-19-29-26(25)22-30-28(31)32-2/h17-19,24,27H,3-16,20-23H2,1-2H3,(H,30,31). The van der Waals surface area contributed by atoms with Gasteiger partial charge in [-0.1, -0.05) is 96.5 Å². The van der Waals surface area contributed by atoms with E-state index in [0.29, 0.717) is 13.2 Å². The molecule has 6 nitrogen and oxygen atoms in total. The van der Waals surface area contributed by atoms with Crippen molar-refractivity contribution in [3.8, 4) is 0 Å². The van der Waals surface area contributed by atoms with Crippen molar-refractivity contribution in [1.82, 2.24) is 10.3 Å². The summed E-state index contributed by atoms with van der Waals surface area (Å²) in [6.45, 7) is 4.10. The predicted molar refractivity (Wildman–Crippen MR) is 137 cm³/mol. The third kappa shape index (κ3) is 12.2. The molecule has 2 atom stereocenters. The van der Waals surface area contributed by atoms with Gasteiger partial charge in [-0.2, -0.15) is 0 Å². The minimum atomic E-state index is -0.457. The van der Waals surface area contributed by atoms with Crippen molar-refractivity contribution in [2.45, 2.75) is 122 Å². The second-order valence-corrected chi connectivity index (χ2v) is 9.54. The van der Waals surface area contributed by atoms with Crippen LogP contribution in [0.15, 0.2) is 18.3 Å². The van der Waals surface area contributed by atoms with Gasteiger partial charge in [0.2, 0.25) is 0 Å². The molecule has 6 heteroatoms. The van der Waals surface area contributed by atoms with E-state index in [1.54, 1.807) is 6.20 Å². The molecule has 1 aliphatic rings. The Bertz CT molecular complexity index is 649. The number of aromatic nitrogens is 1. The van der Waals surface area contributed by atoms with Gasteiger partial charge in [0.25, 0.3) is 0 Å². The fraction of sp³-hybridized carbons (Fsp3) is 0.786. The zero-order valence-corrected chi connectivity index (χ0v) is 21.7. The maximum absolute atomic E-state index is 11.3. The molecule has 1 aliphatic heterocycles. The van der Waals surface area contributed by atoms with Crippen molar-refractivity contribution in [2.24, 2.45) is 0 Å². The zero-order chi connectivity index (χ0) is 24.3. The fourth-order valence-electron chi connectivity index (χ4n) is 4.50. The van der Waals surface area contributed by atoms with Crippen LogP contribution < -0.4 is 5.32 Å². The van der Waals surface area contributed by atoms with Crippen molar-refractivity contribution in [3.63, 3.8) is 0 Å². The molecule has 1 fully saturated rings. The highest BCUT2D eigenvalue weighted by Gasteiger charge is 2.33. The number of rotatable bonds is 20. The summed E-state index contributed by atoms with van der Waals surface area (Å²) in [6, 6.07) is 3.91. The predicted octanol–water partition coefficient (Wildman–Crippen LogP) is 7.27. The number of carbonyl (C=O) groups excluding carboxylic acids is 1. The third-order valence-corrected chi connectivity index (χ3v) is 6.64. The Hall–Kier alpha value is -1.66. The van der Waals surface area contributed by atoms with Gasteiger partial charge in [-0.3, -0.25) is 4.98 Å². The first-order valence-corrected chi connectivity index (χ1v) is 13.7. The molecule has 0 aliphatic carbocycles. The van der Waals surface area contributed by atoms with Gasteiger partial charge in [-0.25, -0.2) is 4.79 Å². The number of alkyl carbamates (subject to hydrolysis) is 1. The van der Waals surface area contributed by atoms with Gasteiger partial charge in [-0.05, 0) is 12.5 Å². The molecule has 194 valence electrons. The van der Waals surface area contributed by atoms with Gasteiger partial charge in [0.15, 0.2) is 0 Å². The van der Waals surface area contributed by atoms with Crippen molar-refractivity contribution in [2.75, 3.05) is 20.3 Å². The van der Waals surface area contributed by atoms with Crippen molar-refractivity contribution in [3.05, 3.63) is 29.6 Å². The highest BCUT2D eigenvalue weighted by Crippen LogP contribution is 2.36. The maximum Gasteiger partial charge on any atom is 0.407 e. The van der Waals surface area contributed by atoms with Crippen molar-refractivity contribution >= 4 is 6.09 Å². The lowest BCUT2D eigenvalue weighted by molar-refractivity contribution is -0.155. The highest BCUT2D eigenvalue weighted by atomic mass is 16.6. The summed E-state index contributed by atoms with van der Waals surface area (Å²) in [6.07, 6.45) is 21.6. The van der Waals surface area contributed by atoms with E-state index in [-0.39, 0.29) is 12.2 Å². The monoisotopic (exact) mass is 476 g/mol. The average Bonchev–Trinajstić information content (AvgIpc) is 2.83. The third-order valence-electron chi connectivity index (χ3n) is 6.64. The molecule has 1 amide bonds. The van der Waals surface area contributed by atoms with Crippen LogP contribution in [-0.4, -0.2) is 37.5 Å². The minimum absolute atomic E-state index is 0.0257. The van der Waals surface area contributed by atoms with Crippen LogP contribution in [0.3, 0.4) is 0 Å². The fourth-order valence-corrected chi connectivity index (χ4v) is 4.50. The number of methoxy groups -OCH3 is 1. The number of amides is 1. The number of ether oxygens (including phenoxy) is 3. The summed E-state index contributed by atoms with van der Waals surface area (Å²) in [4.78, 5) is 15.7. The zero-order valence-electron chi connectivity index (χ0n) is 21.7. The molecule has 2 unspecified atom stereocenters. The molecule has 2 heterocycles. The number of hydrogen-bond acceptors (Lipinski definition) is 5. The maximum atomic E-state index is 11.3. The van der Waals surface area contributed by atoms with Crippen LogP contribution in [0.4, 0.5) is 4.79 Å². The number of pyridine rings is 1. The Kier molecular flexibility index (Phi) is 15.7. The topological polar surface area (TPSA) is 69.7 Å². The molecule has 34 heavy (non-hydrogen) atoms. The highest BCUT2D eigenvalue weighted by molar-refractivity contribution is 5.66. The molecule has 1 aromatic rings. The second-order valence-electron chi connectivity index (χ2n) is 9.54. The second kappa shape index (κ2) is 18.6. The van der Waals surface area contributed by atoms with Crippen LogP contribution in [0.2, 0.25) is 0 Å². The summed E-state index contributed by atoms with van der Waals surface area (Å²) >= 11 is 0. The van der Waals surface area contributed by atoms with Gasteiger partial charge in [0, 0.05) is 24.8 Å². The quantitative estimate of drug-likeness (QED) is 0.200. The van der Waals surface area contributed by atoms with Crippen LogP contribution in [0, 0.1) is 0 Å². The van der Waals surface area contributed by atoms with Gasteiger partial charge in [0.05, 0.1) is 38.2 Å². The SMILES string of the molecule is CCCCCCCCCCCCCCCCOCC1CC(c2cccnc2CNC(=O)OC)O1. The number of unbranched alkanes of at least 4 members (excludes halogenated alkanes) is 13. The number of hydrogen-bond donors (Lipinski definition) is 1. The Balaban J connectivity index is 1.39. The lowest BCUT2D eigenvalue weighted by Gasteiger charge is -2.36. The Labute approximate surface area is 207 Å². The molecular weight excluding hydrogens is 428 g/mol. The number of nitrogens with zero attached hydrogens (tertiary/aromatic N) is 1. The Morgan fingerprint density at radius 1 is 1.00 bits per heavy atom. The van der Waals surface area contributed by atoms with E-state index in [1.807, 2.05) is 12.1 Å². The summed E-state index contributed by atoms with van der Waals surface area (Å²) in [5.41, 5.74) is 1.85. The molecule has 1 N–H and O–H groups in total. The molecule has 1 aromatic heterocycles. The van der Waals surface area contributed by atoms with Crippen LogP contribution >= 0.6 is 0 Å². The van der Waals surface area contributed by atoms with Crippen LogP contribution in [0.5, 0.6) is 0 Å². The molecule has 0 aromatic carbocycles. The van der Waals surface area contributed by atoms with E-state index in [0.717, 1.165) is 30.7 Å². The smallest absolute Gasteiger partial charge is 0.407 e. The van der Waals surface area contributed by atoms with E-state index < -0.39 is 6.09 Å². The van der Waals surface area contributed by atoms with E-state index in [9.17, 15) is 4.79 Å². The van der Waals surface area contributed by atoms with Crippen LogP contribution in [-0.2, 0) is 20.8 Å². The number of nitrogens with one attached hydrogen (secondary N) is 1. The summed E-state index contributed by atoms with van der Waals surface area (Å²) in [5.74, 6) is 0. The molecule has 0 saturated carbocycles. The van der Waals surface area contributed by atoms with Crippen molar-refractivity contribution in [1.29, 1.82) is 0 Å². The lowest BCUT2D eigenvalue weighted by atomic mass is 9.96. The molecule has 1 saturated heterocycles. The first-order chi connectivity index (χ1) is 16.7. The van der Waals surface area contributed by atoms with Gasteiger partial charge >= 0.3 is 6.09 Å². The number of carbonyl (C=O) groups is 1.